The van der Waals surface area contributed by atoms with E-state index in [1.54, 1.807) is 0 Å². The summed E-state index contributed by atoms with van der Waals surface area (Å²) in [6.45, 7) is 9.30. The van der Waals surface area contributed by atoms with Gasteiger partial charge in [0.2, 0.25) is 5.91 Å². The Morgan fingerprint density at radius 1 is 1.64 bits per heavy atom. The third-order valence-corrected chi connectivity index (χ3v) is 1.82. The predicted molar refractivity (Wildman–Crippen MR) is 47.3 cm³/mol. The molecule has 0 saturated carbocycles. The van der Waals surface area contributed by atoms with Crippen molar-refractivity contribution in [1.82, 2.24) is 5.32 Å². The Labute approximate surface area is 68.7 Å². The highest BCUT2D eigenvalue weighted by Gasteiger charge is 2.10. The molecule has 0 aromatic rings. The summed E-state index contributed by atoms with van der Waals surface area (Å²) in [6.07, 6.45) is 2.82. The van der Waals surface area contributed by atoms with Gasteiger partial charge in [0.15, 0.2) is 0 Å². The summed E-state index contributed by atoms with van der Waals surface area (Å²) in [4.78, 5) is 10.6. The van der Waals surface area contributed by atoms with E-state index in [0.717, 1.165) is 6.42 Å². The van der Waals surface area contributed by atoms with Crippen LogP contribution in [0.3, 0.4) is 0 Å². The van der Waals surface area contributed by atoms with E-state index >= 15 is 0 Å². The molecule has 0 saturated heterocycles. The lowest BCUT2D eigenvalue weighted by Crippen LogP contribution is -2.35. The van der Waals surface area contributed by atoms with Gasteiger partial charge >= 0.3 is 0 Å². The Hall–Kier alpha value is -0.790. The first-order valence-corrected chi connectivity index (χ1v) is 3.96. The molecule has 2 unspecified atom stereocenters. The van der Waals surface area contributed by atoms with E-state index in [-0.39, 0.29) is 11.9 Å². The van der Waals surface area contributed by atoms with E-state index in [0.29, 0.717) is 5.92 Å². The molecule has 11 heavy (non-hydrogen) atoms. The van der Waals surface area contributed by atoms with Crippen molar-refractivity contribution >= 4 is 5.91 Å². The van der Waals surface area contributed by atoms with Crippen molar-refractivity contribution in [2.75, 3.05) is 0 Å². The van der Waals surface area contributed by atoms with E-state index in [4.69, 9.17) is 0 Å². The minimum absolute atomic E-state index is 0.0356. The average molecular weight is 155 g/mol. The number of allylic oxidation sites excluding steroid dienone is 1. The molecule has 0 radical (unpaired) electrons. The first-order chi connectivity index (χ1) is 5.07. The molecular formula is C9H17NO. The van der Waals surface area contributed by atoms with Gasteiger partial charge in [-0.25, -0.2) is 0 Å². The Bertz CT molecular complexity index is 142. The number of carbonyl (C=O) groups excluding carboxylic acids is 1. The van der Waals surface area contributed by atoms with Crippen LogP contribution < -0.4 is 5.32 Å². The first kappa shape index (κ1) is 10.2. The molecular weight excluding hydrogens is 138 g/mol. The van der Waals surface area contributed by atoms with E-state index in [1.165, 1.54) is 6.92 Å². The van der Waals surface area contributed by atoms with Crippen LogP contribution in [0.15, 0.2) is 12.7 Å². The van der Waals surface area contributed by atoms with Gasteiger partial charge in [0, 0.05) is 13.0 Å². The van der Waals surface area contributed by atoms with Crippen LogP contribution in [0.1, 0.15) is 27.2 Å². The normalized spacial score (nSPS) is 15.2. The minimum atomic E-state index is 0.0356. The second kappa shape index (κ2) is 4.94. The molecule has 2 heteroatoms. The van der Waals surface area contributed by atoms with Crippen LogP contribution in [0.2, 0.25) is 0 Å². The van der Waals surface area contributed by atoms with Crippen molar-refractivity contribution in [3.8, 4) is 0 Å². The summed E-state index contributed by atoms with van der Waals surface area (Å²) in [5.74, 6) is 0.504. The van der Waals surface area contributed by atoms with E-state index < -0.39 is 0 Å². The zero-order valence-corrected chi connectivity index (χ0v) is 7.55. The van der Waals surface area contributed by atoms with Crippen molar-refractivity contribution in [1.29, 1.82) is 0 Å². The highest BCUT2D eigenvalue weighted by molar-refractivity contribution is 5.73. The maximum Gasteiger partial charge on any atom is 0.217 e. The number of amides is 1. The quantitative estimate of drug-likeness (QED) is 0.615. The van der Waals surface area contributed by atoms with Crippen LogP contribution in [0.5, 0.6) is 0 Å². The maximum absolute atomic E-state index is 10.6. The van der Waals surface area contributed by atoms with Gasteiger partial charge in [0.25, 0.3) is 0 Å². The third-order valence-electron chi connectivity index (χ3n) is 1.82. The topological polar surface area (TPSA) is 29.1 Å². The second-order valence-electron chi connectivity index (χ2n) is 2.99. The van der Waals surface area contributed by atoms with Crippen LogP contribution in [0.25, 0.3) is 0 Å². The standard InChI is InChI=1S/C9H17NO/c1-5-6-7(2)8(3)10-9(4)11/h5,7-8H,1,6H2,2-4H3,(H,10,11). The Kier molecular flexibility index (Phi) is 4.59. The lowest BCUT2D eigenvalue weighted by atomic mass is 10.00. The van der Waals surface area contributed by atoms with Crippen molar-refractivity contribution < 1.29 is 4.79 Å². The number of carbonyl (C=O) groups is 1. The summed E-state index contributed by atoms with van der Waals surface area (Å²) in [6, 6.07) is 0.241. The summed E-state index contributed by atoms with van der Waals surface area (Å²) in [5, 5.41) is 2.84. The van der Waals surface area contributed by atoms with Gasteiger partial charge in [-0.1, -0.05) is 13.0 Å². The molecule has 0 spiro atoms. The van der Waals surface area contributed by atoms with Gasteiger partial charge in [-0.15, -0.1) is 6.58 Å². The smallest absolute Gasteiger partial charge is 0.217 e. The average Bonchev–Trinajstić information content (AvgIpc) is 1.86. The zero-order chi connectivity index (χ0) is 8.85. The van der Waals surface area contributed by atoms with E-state index in [1.807, 2.05) is 13.0 Å². The van der Waals surface area contributed by atoms with Crippen LogP contribution in [-0.2, 0) is 4.79 Å². The molecule has 2 nitrogen and oxygen atoms in total. The number of rotatable bonds is 4. The van der Waals surface area contributed by atoms with Gasteiger partial charge in [-0.2, -0.15) is 0 Å². The highest BCUT2D eigenvalue weighted by Crippen LogP contribution is 2.07. The van der Waals surface area contributed by atoms with Crippen LogP contribution in [0, 0.1) is 5.92 Å². The fourth-order valence-electron chi connectivity index (χ4n) is 0.930. The molecule has 0 aliphatic carbocycles. The number of hydrogen-bond donors (Lipinski definition) is 1. The largest absolute Gasteiger partial charge is 0.354 e. The van der Waals surface area contributed by atoms with Gasteiger partial charge in [0.05, 0.1) is 0 Å². The van der Waals surface area contributed by atoms with Crippen molar-refractivity contribution in [2.24, 2.45) is 5.92 Å². The van der Waals surface area contributed by atoms with Crippen molar-refractivity contribution in [3.63, 3.8) is 0 Å². The summed E-state index contributed by atoms with van der Waals surface area (Å²) < 4.78 is 0. The van der Waals surface area contributed by atoms with E-state index in [9.17, 15) is 4.79 Å². The molecule has 64 valence electrons. The van der Waals surface area contributed by atoms with Gasteiger partial charge in [0.1, 0.15) is 0 Å². The fraction of sp³-hybridized carbons (Fsp3) is 0.667. The first-order valence-electron chi connectivity index (χ1n) is 3.96. The zero-order valence-electron chi connectivity index (χ0n) is 7.55. The molecule has 0 aliphatic heterocycles. The second-order valence-corrected chi connectivity index (χ2v) is 2.99. The molecule has 0 aliphatic rings. The molecule has 0 fully saturated rings. The summed E-state index contributed by atoms with van der Waals surface area (Å²) >= 11 is 0. The van der Waals surface area contributed by atoms with Gasteiger partial charge in [-0.05, 0) is 19.3 Å². The third kappa shape index (κ3) is 4.59. The SMILES string of the molecule is C=CCC(C)C(C)NC(C)=O. The maximum atomic E-state index is 10.6. The number of hydrogen-bond acceptors (Lipinski definition) is 1. The summed E-state index contributed by atoms with van der Waals surface area (Å²) in [5.41, 5.74) is 0. The lowest BCUT2D eigenvalue weighted by molar-refractivity contribution is -0.119. The van der Waals surface area contributed by atoms with Crippen molar-refractivity contribution in [3.05, 3.63) is 12.7 Å². The molecule has 2 atom stereocenters. The Morgan fingerprint density at radius 2 is 2.18 bits per heavy atom. The minimum Gasteiger partial charge on any atom is -0.354 e. The molecule has 1 N–H and O–H groups in total. The summed E-state index contributed by atoms with van der Waals surface area (Å²) in [7, 11) is 0. The van der Waals surface area contributed by atoms with Crippen LogP contribution in [0.4, 0.5) is 0 Å². The number of nitrogens with one attached hydrogen (secondary N) is 1. The monoisotopic (exact) mass is 155 g/mol. The van der Waals surface area contributed by atoms with Crippen molar-refractivity contribution in [2.45, 2.75) is 33.2 Å². The van der Waals surface area contributed by atoms with Crippen LogP contribution in [-0.4, -0.2) is 11.9 Å². The Balaban J connectivity index is 3.71. The predicted octanol–water partition coefficient (Wildman–Crippen LogP) is 1.72. The molecule has 0 aromatic carbocycles. The van der Waals surface area contributed by atoms with Crippen LogP contribution >= 0.6 is 0 Å². The molecule has 0 aromatic heterocycles. The Morgan fingerprint density at radius 3 is 2.55 bits per heavy atom. The molecule has 0 rings (SSSR count). The molecule has 1 amide bonds. The fourth-order valence-corrected chi connectivity index (χ4v) is 0.930. The van der Waals surface area contributed by atoms with Gasteiger partial charge in [-0.3, -0.25) is 4.79 Å². The highest BCUT2D eigenvalue weighted by atomic mass is 16.1. The molecule has 0 heterocycles. The van der Waals surface area contributed by atoms with E-state index in [2.05, 4.69) is 18.8 Å². The molecule has 0 bridgehead atoms. The van der Waals surface area contributed by atoms with Gasteiger partial charge < -0.3 is 5.32 Å². The lowest BCUT2D eigenvalue weighted by Gasteiger charge is -2.18.